The van der Waals surface area contributed by atoms with Gasteiger partial charge < -0.3 is 9.84 Å². The molecule has 150 valence electrons. The van der Waals surface area contributed by atoms with Gasteiger partial charge in [0.2, 0.25) is 0 Å². The summed E-state index contributed by atoms with van der Waals surface area (Å²) in [7, 11) is 0. The van der Waals surface area contributed by atoms with Crippen molar-refractivity contribution in [2.75, 3.05) is 6.61 Å². The molecule has 3 fully saturated rings. The molecule has 0 heterocycles. The molecule has 4 heteroatoms. The standard InChI is InChI=1S/C23H34O4/c1-4-27-21(26)13-15-12-16(24)11-14-5-6-17-18-7-8-20(25)22(18,2)10-9-19(17)23(14,15)3/h11,15,17-20,25H,4-10,12-13H2,1-3H3/t15?,17-,18-,19-,20-,22-,23+/m0/s1. The van der Waals surface area contributed by atoms with E-state index in [9.17, 15) is 14.7 Å². The highest BCUT2D eigenvalue weighted by Gasteiger charge is 2.60. The largest absolute Gasteiger partial charge is 0.466 e. The zero-order chi connectivity index (χ0) is 19.4. The maximum Gasteiger partial charge on any atom is 0.306 e. The van der Waals surface area contributed by atoms with E-state index in [2.05, 4.69) is 13.8 Å². The Morgan fingerprint density at radius 2 is 2.00 bits per heavy atom. The number of carbonyl (C=O) groups excluding carboxylic acids is 2. The van der Waals surface area contributed by atoms with Gasteiger partial charge in [-0.1, -0.05) is 19.4 Å². The van der Waals surface area contributed by atoms with E-state index in [1.165, 1.54) is 5.57 Å². The number of ketones is 1. The van der Waals surface area contributed by atoms with Gasteiger partial charge in [0, 0.05) is 12.8 Å². The van der Waals surface area contributed by atoms with Crippen LogP contribution in [0.2, 0.25) is 0 Å². The lowest BCUT2D eigenvalue weighted by atomic mass is 9.45. The number of aliphatic hydroxyl groups is 1. The fourth-order valence-electron chi connectivity index (χ4n) is 7.44. The molecule has 0 aromatic carbocycles. The Morgan fingerprint density at radius 3 is 2.74 bits per heavy atom. The molecule has 4 aliphatic rings. The zero-order valence-corrected chi connectivity index (χ0v) is 17.0. The van der Waals surface area contributed by atoms with Gasteiger partial charge in [0.15, 0.2) is 5.78 Å². The Kier molecular flexibility index (Phi) is 4.77. The second-order valence-electron chi connectivity index (χ2n) is 9.88. The molecule has 0 aliphatic heterocycles. The molecule has 0 spiro atoms. The fraction of sp³-hybridized carbons (Fsp3) is 0.826. The van der Waals surface area contributed by atoms with Crippen molar-refractivity contribution >= 4 is 11.8 Å². The van der Waals surface area contributed by atoms with Crippen LogP contribution in [0.15, 0.2) is 11.6 Å². The number of fused-ring (bicyclic) bond motifs is 5. The average Bonchev–Trinajstić information content (AvgIpc) is 2.91. The van der Waals surface area contributed by atoms with Gasteiger partial charge in [0.05, 0.1) is 12.7 Å². The Bertz CT molecular complexity index is 667. The molecule has 0 bridgehead atoms. The van der Waals surface area contributed by atoms with E-state index in [4.69, 9.17) is 4.74 Å². The lowest BCUT2D eigenvalue weighted by molar-refractivity contribution is -0.148. The molecule has 0 aromatic rings. The minimum absolute atomic E-state index is 0.0486. The number of rotatable bonds is 3. The lowest BCUT2D eigenvalue weighted by Crippen LogP contribution is -2.54. The number of hydrogen-bond donors (Lipinski definition) is 1. The number of esters is 1. The number of allylic oxidation sites excluding steroid dienone is 1. The van der Waals surface area contributed by atoms with E-state index in [1.807, 2.05) is 13.0 Å². The van der Waals surface area contributed by atoms with Crippen LogP contribution in [0.4, 0.5) is 0 Å². The second kappa shape index (κ2) is 6.72. The highest BCUT2D eigenvalue weighted by atomic mass is 16.5. The van der Waals surface area contributed by atoms with Crippen LogP contribution in [-0.4, -0.2) is 29.6 Å². The van der Waals surface area contributed by atoms with Crippen LogP contribution in [-0.2, 0) is 14.3 Å². The summed E-state index contributed by atoms with van der Waals surface area (Å²) in [5.74, 6) is 1.73. The highest BCUT2D eigenvalue weighted by molar-refractivity contribution is 5.92. The van der Waals surface area contributed by atoms with Crippen molar-refractivity contribution in [3.63, 3.8) is 0 Å². The van der Waals surface area contributed by atoms with Gasteiger partial charge in [-0.05, 0) is 86.0 Å². The highest BCUT2D eigenvalue weighted by Crippen LogP contribution is 2.66. The van der Waals surface area contributed by atoms with Gasteiger partial charge in [-0.15, -0.1) is 0 Å². The molecule has 0 saturated heterocycles. The predicted molar refractivity (Wildman–Crippen MR) is 103 cm³/mol. The Balaban J connectivity index is 1.67. The molecule has 4 rings (SSSR count). The van der Waals surface area contributed by atoms with Gasteiger partial charge >= 0.3 is 5.97 Å². The smallest absolute Gasteiger partial charge is 0.306 e. The molecule has 4 nitrogen and oxygen atoms in total. The van der Waals surface area contributed by atoms with E-state index in [0.717, 1.165) is 38.5 Å². The quantitative estimate of drug-likeness (QED) is 0.757. The lowest BCUT2D eigenvalue weighted by Gasteiger charge is -2.59. The van der Waals surface area contributed by atoms with Crippen LogP contribution in [0, 0.1) is 34.5 Å². The maximum atomic E-state index is 12.4. The third-order valence-corrected chi connectivity index (χ3v) is 8.95. The van der Waals surface area contributed by atoms with Gasteiger partial charge in [0.1, 0.15) is 0 Å². The van der Waals surface area contributed by atoms with Crippen molar-refractivity contribution in [1.29, 1.82) is 0 Å². The monoisotopic (exact) mass is 374 g/mol. The van der Waals surface area contributed by atoms with Crippen LogP contribution < -0.4 is 0 Å². The summed E-state index contributed by atoms with van der Waals surface area (Å²) in [6.07, 6.45) is 8.83. The van der Waals surface area contributed by atoms with E-state index < -0.39 is 0 Å². The molecule has 7 atom stereocenters. The summed E-state index contributed by atoms with van der Waals surface area (Å²) in [6, 6.07) is 0. The molecule has 27 heavy (non-hydrogen) atoms. The van der Waals surface area contributed by atoms with Crippen molar-refractivity contribution in [3.05, 3.63) is 11.6 Å². The number of hydrogen-bond acceptors (Lipinski definition) is 4. The average molecular weight is 375 g/mol. The first kappa shape index (κ1) is 19.2. The van der Waals surface area contributed by atoms with Gasteiger partial charge in [-0.25, -0.2) is 0 Å². The molecular formula is C23H34O4. The maximum absolute atomic E-state index is 12.4. The molecule has 0 amide bonds. The van der Waals surface area contributed by atoms with Crippen LogP contribution in [0.25, 0.3) is 0 Å². The van der Waals surface area contributed by atoms with Crippen molar-refractivity contribution in [2.24, 2.45) is 34.5 Å². The summed E-state index contributed by atoms with van der Waals surface area (Å²) in [5.41, 5.74) is 1.25. The first-order valence-corrected chi connectivity index (χ1v) is 10.9. The molecule has 0 aromatic heterocycles. The molecule has 4 aliphatic carbocycles. The summed E-state index contributed by atoms with van der Waals surface area (Å²) in [5, 5.41) is 10.6. The van der Waals surface area contributed by atoms with E-state index in [-0.39, 0.29) is 34.6 Å². The Hall–Kier alpha value is -1.16. The van der Waals surface area contributed by atoms with Gasteiger partial charge in [-0.2, -0.15) is 0 Å². The summed E-state index contributed by atoms with van der Waals surface area (Å²) in [6.45, 7) is 6.84. The Labute approximate surface area is 162 Å². The first-order valence-electron chi connectivity index (χ1n) is 10.9. The SMILES string of the molecule is CCOC(=O)CC1CC(=O)C=C2CC[C@H]3[C@@H]4CC[C@H](O)[C@@]4(C)CC[C@@H]3[C@]21C. The molecule has 0 radical (unpaired) electrons. The van der Waals surface area contributed by atoms with Crippen LogP contribution in [0.1, 0.15) is 72.1 Å². The van der Waals surface area contributed by atoms with Crippen LogP contribution >= 0.6 is 0 Å². The summed E-state index contributed by atoms with van der Waals surface area (Å²) in [4.78, 5) is 24.7. The van der Waals surface area contributed by atoms with Crippen molar-refractivity contribution in [2.45, 2.75) is 78.2 Å². The topological polar surface area (TPSA) is 63.6 Å². The van der Waals surface area contributed by atoms with Crippen LogP contribution in [0.5, 0.6) is 0 Å². The van der Waals surface area contributed by atoms with E-state index in [1.54, 1.807) is 0 Å². The normalized spacial score (nSPS) is 46.1. The Morgan fingerprint density at radius 1 is 1.22 bits per heavy atom. The molecule has 1 unspecified atom stereocenters. The fourth-order valence-corrected chi connectivity index (χ4v) is 7.44. The second-order valence-corrected chi connectivity index (χ2v) is 9.88. The first-order chi connectivity index (χ1) is 12.8. The number of aliphatic hydroxyl groups excluding tert-OH is 1. The molecule has 3 saturated carbocycles. The molecule has 1 N–H and O–H groups in total. The third kappa shape index (κ3) is 2.82. The van der Waals surface area contributed by atoms with Crippen molar-refractivity contribution < 1.29 is 19.4 Å². The zero-order valence-electron chi connectivity index (χ0n) is 17.0. The minimum Gasteiger partial charge on any atom is -0.466 e. The van der Waals surface area contributed by atoms with E-state index in [0.29, 0.717) is 37.2 Å². The van der Waals surface area contributed by atoms with Crippen LogP contribution in [0.3, 0.4) is 0 Å². The van der Waals surface area contributed by atoms with Gasteiger partial charge in [-0.3, -0.25) is 9.59 Å². The summed E-state index contributed by atoms with van der Waals surface area (Å²) >= 11 is 0. The molecular weight excluding hydrogens is 340 g/mol. The minimum atomic E-state index is -0.170. The predicted octanol–water partition coefficient (Wildman–Crippen LogP) is 4.06. The van der Waals surface area contributed by atoms with Gasteiger partial charge in [0.25, 0.3) is 0 Å². The van der Waals surface area contributed by atoms with Crippen molar-refractivity contribution in [1.82, 2.24) is 0 Å². The van der Waals surface area contributed by atoms with Crippen molar-refractivity contribution in [3.8, 4) is 0 Å². The number of carbonyl (C=O) groups is 2. The van der Waals surface area contributed by atoms with E-state index >= 15 is 0 Å². The summed E-state index contributed by atoms with van der Waals surface area (Å²) < 4.78 is 5.24. The third-order valence-electron chi connectivity index (χ3n) is 8.95. The number of ether oxygens (including phenoxy) is 1.